The standard InChI is InChI=1S/2C5H13N3.H2O4S/c2*1-2-3-4-8-5(6)7;1-5(2,3)4/h2*2-4H2,1H3,(H4,6,7,8);(H2,1,2,3,4). The van der Waals surface area contributed by atoms with Crippen molar-refractivity contribution in [3.05, 3.63) is 0 Å². The van der Waals surface area contributed by atoms with Gasteiger partial charge in [0, 0.05) is 13.1 Å². The molecule has 0 saturated heterocycles. The normalized spacial score (nSPS) is 9.33. The van der Waals surface area contributed by atoms with Gasteiger partial charge in [-0.15, -0.1) is 0 Å². The third kappa shape index (κ3) is 70.1. The summed E-state index contributed by atoms with van der Waals surface area (Å²) in [7, 11) is -4.67. The molecule has 0 rings (SSSR count). The Morgan fingerprint density at radius 3 is 1.24 bits per heavy atom. The molecule has 0 aliphatic rings. The number of rotatable bonds is 6. The Kier molecular flexibility index (Phi) is 19.2. The van der Waals surface area contributed by atoms with Crippen LogP contribution in [0.3, 0.4) is 0 Å². The Morgan fingerprint density at radius 2 is 1.10 bits per heavy atom. The quantitative estimate of drug-likeness (QED) is 0.161. The Balaban J connectivity index is -0.000000239. The molecule has 0 radical (unpaired) electrons. The lowest BCUT2D eigenvalue weighted by atomic mass is 10.3. The Hall–Kier alpha value is -1.59. The van der Waals surface area contributed by atoms with E-state index in [2.05, 4.69) is 23.8 Å². The first-order valence-corrected chi connectivity index (χ1v) is 7.74. The minimum absolute atomic E-state index is 0.193. The molecule has 10 N–H and O–H groups in total. The number of hydrogen-bond donors (Lipinski definition) is 6. The average Bonchev–Trinajstić information content (AvgIpc) is 2.27. The lowest BCUT2D eigenvalue weighted by molar-refractivity contribution is 0.381. The molecule has 10 nitrogen and oxygen atoms in total. The monoisotopic (exact) mass is 328 g/mol. The number of nitrogens with zero attached hydrogens (tertiary/aromatic N) is 2. The summed E-state index contributed by atoms with van der Waals surface area (Å²) in [5.41, 5.74) is 20.2. The van der Waals surface area contributed by atoms with Crippen LogP contribution >= 0.6 is 0 Å². The summed E-state index contributed by atoms with van der Waals surface area (Å²) < 4.78 is 31.6. The molecular weight excluding hydrogens is 300 g/mol. The van der Waals surface area contributed by atoms with Crippen molar-refractivity contribution >= 4 is 22.3 Å². The highest BCUT2D eigenvalue weighted by Crippen LogP contribution is 1.85. The first-order valence-electron chi connectivity index (χ1n) is 6.35. The van der Waals surface area contributed by atoms with Gasteiger partial charge in [-0.3, -0.25) is 19.1 Å². The fourth-order valence-electron chi connectivity index (χ4n) is 0.733. The van der Waals surface area contributed by atoms with Crippen LogP contribution in [0.5, 0.6) is 0 Å². The molecule has 0 amide bonds. The smallest absolute Gasteiger partial charge is 0.370 e. The maximum Gasteiger partial charge on any atom is 0.394 e. The summed E-state index contributed by atoms with van der Waals surface area (Å²) in [4.78, 5) is 7.57. The SMILES string of the molecule is CCCCN=C(N)N.CCCCN=C(N)N.O=S(=O)(O)O. The molecule has 0 aromatic carbocycles. The van der Waals surface area contributed by atoms with Crippen LogP contribution in [0.15, 0.2) is 9.98 Å². The fraction of sp³-hybridized carbons (Fsp3) is 0.800. The van der Waals surface area contributed by atoms with Gasteiger partial charge in [0.25, 0.3) is 0 Å². The highest BCUT2D eigenvalue weighted by molar-refractivity contribution is 7.79. The highest BCUT2D eigenvalue weighted by atomic mass is 32.3. The topological polar surface area (TPSA) is 203 Å². The van der Waals surface area contributed by atoms with Gasteiger partial charge in [0.05, 0.1) is 0 Å². The molecule has 0 fully saturated rings. The van der Waals surface area contributed by atoms with E-state index in [1.807, 2.05) is 0 Å². The highest BCUT2D eigenvalue weighted by Gasteiger charge is 1.84. The summed E-state index contributed by atoms with van der Waals surface area (Å²) in [6.07, 6.45) is 4.41. The van der Waals surface area contributed by atoms with E-state index in [1.54, 1.807) is 0 Å². The first-order chi connectivity index (χ1) is 9.54. The lowest BCUT2D eigenvalue weighted by Crippen LogP contribution is -2.22. The summed E-state index contributed by atoms with van der Waals surface area (Å²) >= 11 is 0. The van der Waals surface area contributed by atoms with E-state index in [1.165, 1.54) is 0 Å². The van der Waals surface area contributed by atoms with Crippen molar-refractivity contribution in [3.8, 4) is 0 Å². The van der Waals surface area contributed by atoms with Gasteiger partial charge >= 0.3 is 10.4 Å². The van der Waals surface area contributed by atoms with Crippen LogP contribution < -0.4 is 22.9 Å². The summed E-state index contributed by atoms with van der Waals surface area (Å²) in [6, 6.07) is 0. The number of aliphatic imine (C=N–C) groups is 2. The van der Waals surface area contributed by atoms with Crippen molar-refractivity contribution in [1.82, 2.24) is 0 Å². The van der Waals surface area contributed by atoms with Gasteiger partial charge < -0.3 is 22.9 Å². The zero-order valence-corrected chi connectivity index (χ0v) is 13.4. The van der Waals surface area contributed by atoms with Crippen LogP contribution in [0, 0.1) is 0 Å². The van der Waals surface area contributed by atoms with Crippen molar-refractivity contribution in [3.63, 3.8) is 0 Å². The van der Waals surface area contributed by atoms with Crippen LogP contribution in [0.1, 0.15) is 39.5 Å². The third-order valence-electron chi connectivity index (χ3n) is 1.61. The molecule has 0 aromatic heterocycles. The third-order valence-corrected chi connectivity index (χ3v) is 1.61. The Bertz CT molecular complexity index is 345. The van der Waals surface area contributed by atoms with Crippen molar-refractivity contribution in [2.24, 2.45) is 32.9 Å². The summed E-state index contributed by atoms with van der Waals surface area (Å²) in [5.74, 6) is 0.386. The fourth-order valence-corrected chi connectivity index (χ4v) is 0.733. The van der Waals surface area contributed by atoms with Crippen molar-refractivity contribution in [2.45, 2.75) is 39.5 Å². The zero-order valence-electron chi connectivity index (χ0n) is 12.6. The maximum absolute atomic E-state index is 8.74. The summed E-state index contributed by atoms with van der Waals surface area (Å²) in [5, 5.41) is 0. The van der Waals surface area contributed by atoms with Crippen LogP contribution in [0.2, 0.25) is 0 Å². The molecule has 0 atom stereocenters. The van der Waals surface area contributed by atoms with Crippen molar-refractivity contribution < 1.29 is 17.5 Å². The molecule has 11 heteroatoms. The van der Waals surface area contributed by atoms with Crippen LogP contribution in [-0.4, -0.2) is 42.5 Å². The molecule has 0 unspecified atom stereocenters. The van der Waals surface area contributed by atoms with Gasteiger partial charge in [-0.25, -0.2) is 0 Å². The molecule has 0 bridgehead atoms. The second-order valence-electron chi connectivity index (χ2n) is 3.77. The zero-order chi connectivity index (χ0) is 17.3. The van der Waals surface area contributed by atoms with Crippen molar-refractivity contribution in [2.75, 3.05) is 13.1 Å². The van der Waals surface area contributed by atoms with E-state index < -0.39 is 10.4 Å². The maximum atomic E-state index is 8.74. The van der Waals surface area contributed by atoms with E-state index in [9.17, 15) is 0 Å². The largest absolute Gasteiger partial charge is 0.394 e. The lowest BCUT2D eigenvalue weighted by Gasteiger charge is -1.89. The second-order valence-corrected chi connectivity index (χ2v) is 4.66. The van der Waals surface area contributed by atoms with E-state index >= 15 is 0 Å². The molecule has 21 heavy (non-hydrogen) atoms. The number of nitrogens with two attached hydrogens (primary N) is 4. The molecule has 0 heterocycles. The Labute approximate surface area is 126 Å². The average molecular weight is 328 g/mol. The van der Waals surface area contributed by atoms with Crippen LogP contribution in [0.25, 0.3) is 0 Å². The molecule has 0 spiro atoms. The first kappa shape index (κ1) is 24.4. The predicted octanol–water partition coefficient (Wildman–Crippen LogP) is -0.533. The second kappa shape index (κ2) is 16.5. The van der Waals surface area contributed by atoms with Gasteiger partial charge in [0.2, 0.25) is 0 Å². The molecule has 128 valence electrons. The number of hydrogen-bond acceptors (Lipinski definition) is 4. The van der Waals surface area contributed by atoms with Gasteiger partial charge in [-0.2, -0.15) is 8.42 Å². The van der Waals surface area contributed by atoms with E-state index in [4.69, 9.17) is 40.5 Å². The van der Waals surface area contributed by atoms with Gasteiger partial charge in [0.1, 0.15) is 0 Å². The Morgan fingerprint density at radius 1 is 0.857 bits per heavy atom. The molecule has 0 aromatic rings. The molecule has 0 saturated carbocycles. The minimum Gasteiger partial charge on any atom is -0.370 e. The number of guanidine groups is 2. The van der Waals surface area contributed by atoms with Crippen LogP contribution in [-0.2, 0) is 10.4 Å². The number of unbranched alkanes of at least 4 members (excludes halogenated alkanes) is 2. The van der Waals surface area contributed by atoms with Crippen molar-refractivity contribution in [1.29, 1.82) is 0 Å². The summed E-state index contributed by atoms with van der Waals surface area (Å²) in [6.45, 7) is 5.72. The van der Waals surface area contributed by atoms with Gasteiger partial charge in [-0.05, 0) is 12.8 Å². The predicted molar refractivity (Wildman–Crippen MR) is 85.3 cm³/mol. The van der Waals surface area contributed by atoms with Gasteiger partial charge in [-0.1, -0.05) is 26.7 Å². The van der Waals surface area contributed by atoms with E-state index in [-0.39, 0.29) is 11.9 Å². The van der Waals surface area contributed by atoms with Crippen LogP contribution in [0.4, 0.5) is 0 Å². The van der Waals surface area contributed by atoms with E-state index in [0.29, 0.717) is 0 Å². The molecule has 0 aliphatic heterocycles. The van der Waals surface area contributed by atoms with Gasteiger partial charge in [0.15, 0.2) is 11.9 Å². The molecular formula is C10H28N6O4S. The van der Waals surface area contributed by atoms with E-state index in [0.717, 1.165) is 38.8 Å². The molecule has 0 aliphatic carbocycles. The minimum atomic E-state index is -4.67.